The van der Waals surface area contributed by atoms with Crippen LogP contribution in [0.1, 0.15) is 0 Å². The van der Waals surface area contributed by atoms with Crippen molar-refractivity contribution in [1.82, 2.24) is 0 Å². The van der Waals surface area contributed by atoms with Crippen molar-refractivity contribution in [2.45, 2.75) is 0 Å². The third-order valence-corrected chi connectivity index (χ3v) is 9.60. The van der Waals surface area contributed by atoms with Crippen LogP contribution in [-0.4, -0.2) is 35.7 Å². The molecule has 8 heteroatoms. The average Bonchev–Trinajstić information content (AvgIpc) is 3.56. The Kier molecular flexibility index (Phi) is 6.09. The molecule has 0 aliphatic carbocycles. The SMILES string of the molecule is Oc1c(O)c(O)c2c(oc3c(-c4c5ccccc5c(-c5ccc6cc(-c7ccccc7)ccc6c5)c5ccccc45)c(O)c(O)c(O)c32)c1O. The monoisotopic (exact) mass is 658 g/mol. The van der Waals surface area contributed by atoms with Crippen molar-refractivity contribution in [1.29, 1.82) is 0 Å². The van der Waals surface area contributed by atoms with Crippen LogP contribution in [0.3, 0.4) is 0 Å². The second-order valence-corrected chi connectivity index (χ2v) is 12.3. The highest BCUT2D eigenvalue weighted by atomic mass is 16.4. The summed E-state index contributed by atoms with van der Waals surface area (Å²) < 4.78 is 5.99. The van der Waals surface area contributed by atoms with Gasteiger partial charge in [-0.05, 0) is 66.7 Å². The Morgan fingerprint density at radius 2 is 0.780 bits per heavy atom. The number of hydrogen-bond acceptors (Lipinski definition) is 8. The van der Waals surface area contributed by atoms with E-state index in [0.717, 1.165) is 43.8 Å². The van der Waals surface area contributed by atoms with Crippen molar-refractivity contribution in [3.8, 4) is 73.6 Å². The summed E-state index contributed by atoms with van der Waals surface area (Å²) in [6, 6.07) is 38.1. The van der Waals surface area contributed by atoms with Gasteiger partial charge in [-0.15, -0.1) is 0 Å². The molecule has 8 aromatic carbocycles. The normalized spacial score (nSPS) is 11.8. The van der Waals surface area contributed by atoms with Crippen LogP contribution in [0, 0.1) is 0 Å². The first-order chi connectivity index (χ1) is 24.2. The Hall–Kier alpha value is -7.06. The zero-order valence-electron chi connectivity index (χ0n) is 26.0. The molecule has 0 saturated heterocycles. The van der Waals surface area contributed by atoms with E-state index in [-0.39, 0.29) is 21.9 Å². The smallest absolute Gasteiger partial charge is 0.208 e. The molecule has 0 aliphatic rings. The minimum absolute atomic E-state index is 0.0322. The number of benzene rings is 8. The van der Waals surface area contributed by atoms with Crippen molar-refractivity contribution in [2.24, 2.45) is 0 Å². The van der Waals surface area contributed by atoms with Gasteiger partial charge in [0, 0.05) is 5.56 Å². The fraction of sp³-hybridized carbons (Fsp3) is 0. The minimum atomic E-state index is -1.04. The van der Waals surface area contributed by atoms with Crippen molar-refractivity contribution in [2.75, 3.05) is 0 Å². The highest BCUT2D eigenvalue weighted by molar-refractivity contribution is 6.27. The third-order valence-electron chi connectivity index (χ3n) is 9.60. The molecule has 0 bridgehead atoms. The largest absolute Gasteiger partial charge is 0.504 e. The molecular formula is C42H26O8. The maximum Gasteiger partial charge on any atom is 0.208 e. The lowest BCUT2D eigenvalue weighted by molar-refractivity contribution is 0.348. The zero-order chi connectivity index (χ0) is 34.4. The summed E-state index contributed by atoms with van der Waals surface area (Å²) in [5.74, 6) is -6.32. The number of fused-ring (bicyclic) bond motifs is 6. The predicted octanol–water partition coefficient (Wildman–Crippen LogP) is 9.99. The Bertz CT molecular complexity index is 2830. The molecule has 242 valence electrons. The van der Waals surface area contributed by atoms with Crippen molar-refractivity contribution < 1.29 is 40.2 Å². The Morgan fingerprint density at radius 3 is 1.38 bits per heavy atom. The summed E-state index contributed by atoms with van der Waals surface area (Å²) in [6.45, 7) is 0. The van der Waals surface area contributed by atoms with Crippen LogP contribution in [0.25, 0.3) is 87.6 Å². The molecule has 1 aromatic heterocycles. The maximum atomic E-state index is 11.5. The topological polar surface area (TPSA) is 155 Å². The Balaban J connectivity index is 1.37. The molecule has 0 radical (unpaired) electrons. The van der Waals surface area contributed by atoms with Gasteiger partial charge >= 0.3 is 0 Å². The molecule has 9 aromatic rings. The quantitative estimate of drug-likeness (QED) is 0.0562. The minimum Gasteiger partial charge on any atom is -0.504 e. The van der Waals surface area contributed by atoms with Gasteiger partial charge in [0.05, 0.1) is 16.3 Å². The van der Waals surface area contributed by atoms with Gasteiger partial charge in [0.2, 0.25) is 23.0 Å². The van der Waals surface area contributed by atoms with Gasteiger partial charge in [-0.1, -0.05) is 103 Å². The Morgan fingerprint density at radius 1 is 0.320 bits per heavy atom. The molecule has 0 saturated carbocycles. The van der Waals surface area contributed by atoms with E-state index in [0.29, 0.717) is 16.3 Å². The van der Waals surface area contributed by atoms with Crippen molar-refractivity contribution >= 4 is 54.3 Å². The van der Waals surface area contributed by atoms with E-state index in [1.165, 1.54) is 0 Å². The lowest BCUT2D eigenvalue weighted by atomic mass is 9.84. The molecule has 0 spiro atoms. The van der Waals surface area contributed by atoms with Crippen LogP contribution in [0.4, 0.5) is 0 Å². The van der Waals surface area contributed by atoms with E-state index >= 15 is 0 Å². The molecule has 0 unspecified atom stereocenters. The zero-order valence-corrected chi connectivity index (χ0v) is 26.0. The number of hydrogen-bond donors (Lipinski definition) is 7. The summed E-state index contributed by atoms with van der Waals surface area (Å²) in [5.41, 5.74) is 3.88. The maximum absolute atomic E-state index is 11.5. The molecule has 0 atom stereocenters. The van der Waals surface area contributed by atoms with Crippen LogP contribution >= 0.6 is 0 Å². The second kappa shape index (κ2) is 10.5. The van der Waals surface area contributed by atoms with E-state index in [4.69, 9.17) is 4.42 Å². The van der Waals surface area contributed by atoms with Crippen molar-refractivity contribution in [3.05, 3.63) is 115 Å². The van der Waals surface area contributed by atoms with Crippen LogP contribution in [0.5, 0.6) is 40.2 Å². The van der Waals surface area contributed by atoms with Crippen LogP contribution in [0.2, 0.25) is 0 Å². The van der Waals surface area contributed by atoms with E-state index in [1.807, 2.05) is 66.7 Å². The predicted molar refractivity (Wildman–Crippen MR) is 194 cm³/mol. The highest BCUT2D eigenvalue weighted by Crippen LogP contribution is 2.60. The Labute approximate surface area is 282 Å². The number of furan rings is 1. The molecular weight excluding hydrogens is 632 g/mol. The summed E-state index contributed by atoms with van der Waals surface area (Å²) >= 11 is 0. The van der Waals surface area contributed by atoms with E-state index < -0.39 is 45.8 Å². The number of rotatable bonds is 3. The van der Waals surface area contributed by atoms with Gasteiger partial charge < -0.3 is 40.2 Å². The standard InChI is InChI=1S/C42H26O8/c43-34-31(41-32(35(44)37(34)46)33-36(45)38(47)39(48)40(49)42(33)50-41)30-27-12-6-4-10-25(27)29(26-11-5-7-13-28(26)30)24-17-16-22-18-21(14-15-23(22)19-24)20-8-2-1-3-9-20/h1-19,43-49H. The molecule has 50 heavy (non-hydrogen) atoms. The number of phenolic OH excluding ortho intramolecular Hbond substituents is 7. The van der Waals surface area contributed by atoms with Crippen molar-refractivity contribution in [3.63, 3.8) is 0 Å². The first-order valence-corrected chi connectivity index (χ1v) is 15.8. The van der Waals surface area contributed by atoms with Gasteiger partial charge in [0.15, 0.2) is 28.4 Å². The third kappa shape index (κ3) is 3.93. The first-order valence-electron chi connectivity index (χ1n) is 15.8. The lowest BCUT2D eigenvalue weighted by Crippen LogP contribution is -1.92. The molecule has 8 nitrogen and oxygen atoms in total. The second-order valence-electron chi connectivity index (χ2n) is 12.3. The lowest BCUT2D eigenvalue weighted by Gasteiger charge is -2.19. The van der Waals surface area contributed by atoms with Gasteiger partial charge in [-0.3, -0.25) is 0 Å². The molecule has 7 N–H and O–H groups in total. The first kappa shape index (κ1) is 29.1. The summed E-state index contributed by atoms with van der Waals surface area (Å²) in [6.07, 6.45) is 0. The van der Waals surface area contributed by atoms with E-state index in [1.54, 1.807) is 0 Å². The number of phenols is 7. The molecule has 0 fully saturated rings. The molecule has 0 amide bonds. The molecule has 9 rings (SSSR count). The fourth-order valence-electron chi connectivity index (χ4n) is 7.28. The summed E-state index contributed by atoms with van der Waals surface area (Å²) in [5, 5.41) is 80.2. The summed E-state index contributed by atoms with van der Waals surface area (Å²) in [4.78, 5) is 0. The molecule has 0 aliphatic heterocycles. The molecule has 1 heterocycles. The number of aromatic hydroxyl groups is 7. The van der Waals surface area contributed by atoms with Crippen LogP contribution in [-0.2, 0) is 0 Å². The summed E-state index contributed by atoms with van der Waals surface area (Å²) in [7, 11) is 0. The average molecular weight is 659 g/mol. The van der Waals surface area contributed by atoms with Gasteiger partial charge in [-0.25, -0.2) is 0 Å². The van der Waals surface area contributed by atoms with Gasteiger partial charge in [0.1, 0.15) is 0 Å². The highest BCUT2D eigenvalue weighted by Gasteiger charge is 2.32. The van der Waals surface area contributed by atoms with Crippen LogP contribution in [0.15, 0.2) is 120 Å². The fourth-order valence-corrected chi connectivity index (χ4v) is 7.28. The van der Waals surface area contributed by atoms with Crippen LogP contribution < -0.4 is 0 Å². The van der Waals surface area contributed by atoms with E-state index in [9.17, 15) is 35.7 Å². The van der Waals surface area contributed by atoms with Gasteiger partial charge in [0.25, 0.3) is 0 Å². The van der Waals surface area contributed by atoms with Gasteiger partial charge in [-0.2, -0.15) is 0 Å². The van der Waals surface area contributed by atoms with E-state index in [2.05, 4.69) is 48.5 Å².